The van der Waals surface area contributed by atoms with Crippen molar-refractivity contribution >= 4 is 27.3 Å². The van der Waals surface area contributed by atoms with E-state index in [4.69, 9.17) is 0 Å². The summed E-state index contributed by atoms with van der Waals surface area (Å²) in [6, 6.07) is 17.1. The minimum Gasteiger partial charge on any atom is -0.322 e. The lowest BCUT2D eigenvalue weighted by molar-refractivity contribution is -0.114. The van der Waals surface area contributed by atoms with Gasteiger partial charge < -0.3 is 5.32 Å². The van der Waals surface area contributed by atoms with Crippen LogP contribution in [-0.4, -0.2) is 20.9 Å². The zero-order chi connectivity index (χ0) is 21.0. The molecule has 3 rings (SSSR count). The molecule has 5 nitrogen and oxygen atoms in total. The number of benzene rings is 3. The molecule has 0 aliphatic rings. The lowest BCUT2D eigenvalue weighted by Crippen LogP contribution is -2.38. The summed E-state index contributed by atoms with van der Waals surface area (Å²) < 4.78 is 54.2. The first-order chi connectivity index (χ1) is 13.8. The molecule has 0 bridgehead atoms. The van der Waals surface area contributed by atoms with Gasteiger partial charge in [-0.05, 0) is 48.9 Å². The predicted molar refractivity (Wildman–Crippen MR) is 107 cm³/mol. The van der Waals surface area contributed by atoms with Gasteiger partial charge in [-0.1, -0.05) is 30.3 Å². The van der Waals surface area contributed by atoms with E-state index < -0.39 is 34.1 Å². The smallest absolute Gasteiger partial charge is 0.264 e. The van der Waals surface area contributed by atoms with Gasteiger partial charge >= 0.3 is 0 Å². The number of sulfonamides is 1. The standard InChI is InChI=1S/C21H18F2N2O3S/c1-15-6-5-7-17(12-15)25(29(27,28)18-8-3-2-4-9-18)14-21(26)24-20-11-10-16(22)13-19(20)23/h2-13H,14H2,1H3,(H,24,26). The normalized spacial score (nSPS) is 11.1. The summed E-state index contributed by atoms with van der Waals surface area (Å²) in [6.45, 7) is 1.21. The highest BCUT2D eigenvalue weighted by atomic mass is 32.2. The zero-order valence-electron chi connectivity index (χ0n) is 15.5. The maximum absolute atomic E-state index is 13.8. The number of halogens is 2. The van der Waals surface area contributed by atoms with Crippen molar-refractivity contribution in [3.05, 3.63) is 90.0 Å². The van der Waals surface area contributed by atoms with Gasteiger partial charge in [0.05, 0.1) is 16.3 Å². The van der Waals surface area contributed by atoms with E-state index in [2.05, 4.69) is 5.32 Å². The SMILES string of the molecule is Cc1cccc(N(CC(=O)Nc2ccc(F)cc2F)S(=O)(=O)c2ccccc2)c1. The van der Waals surface area contributed by atoms with Crippen LogP contribution in [0.5, 0.6) is 0 Å². The topological polar surface area (TPSA) is 66.5 Å². The molecule has 0 spiro atoms. The van der Waals surface area contributed by atoms with Gasteiger partial charge in [-0.2, -0.15) is 0 Å². The van der Waals surface area contributed by atoms with Crippen molar-refractivity contribution in [2.24, 2.45) is 0 Å². The summed E-state index contributed by atoms with van der Waals surface area (Å²) in [5, 5.41) is 2.29. The third kappa shape index (κ3) is 4.78. The van der Waals surface area contributed by atoms with Crippen molar-refractivity contribution in [3.63, 3.8) is 0 Å². The fourth-order valence-corrected chi connectivity index (χ4v) is 4.16. The Labute approximate surface area is 167 Å². The number of carbonyl (C=O) groups is 1. The largest absolute Gasteiger partial charge is 0.322 e. The van der Waals surface area contributed by atoms with Crippen molar-refractivity contribution < 1.29 is 22.0 Å². The molecule has 0 fully saturated rings. The third-order valence-corrected chi connectivity index (χ3v) is 5.90. The molecule has 0 unspecified atom stereocenters. The first kappa shape index (κ1) is 20.5. The highest BCUT2D eigenvalue weighted by Gasteiger charge is 2.27. The van der Waals surface area contributed by atoms with Crippen molar-refractivity contribution in [2.45, 2.75) is 11.8 Å². The van der Waals surface area contributed by atoms with E-state index in [0.717, 1.165) is 22.0 Å². The summed E-state index contributed by atoms with van der Waals surface area (Å²) in [5.41, 5.74) is 0.863. The molecule has 0 aliphatic carbocycles. The van der Waals surface area contributed by atoms with Crippen molar-refractivity contribution in [1.29, 1.82) is 0 Å². The molecule has 0 saturated heterocycles. The summed E-state index contributed by atoms with van der Waals surface area (Å²) in [7, 11) is -4.06. The molecule has 0 heterocycles. The second kappa shape index (κ2) is 8.40. The van der Waals surface area contributed by atoms with Crippen molar-refractivity contribution in [3.8, 4) is 0 Å². The lowest BCUT2D eigenvalue weighted by Gasteiger charge is -2.24. The first-order valence-electron chi connectivity index (χ1n) is 8.67. The Bertz CT molecular complexity index is 1140. The number of rotatable bonds is 6. The molecular weight excluding hydrogens is 398 g/mol. The molecule has 0 atom stereocenters. The molecule has 150 valence electrons. The van der Waals surface area contributed by atoms with Crippen molar-refractivity contribution in [2.75, 3.05) is 16.2 Å². The fourth-order valence-electron chi connectivity index (χ4n) is 2.73. The number of carbonyl (C=O) groups excluding carboxylic acids is 1. The Hall–Kier alpha value is -3.26. The summed E-state index contributed by atoms with van der Waals surface area (Å²) >= 11 is 0. The Morgan fingerprint density at radius 2 is 1.69 bits per heavy atom. The minimum atomic E-state index is -4.06. The van der Waals surface area contributed by atoms with Crippen LogP contribution in [0.3, 0.4) is 0 Å². The second-order valence-electron chi connectivity index (χ2n) is 6.34. The van der Waals surface area contributed by atoms with Gasteiger partial charge in [0.1, 0.15) is 18.2 Å². The Balaban J connectivity index is 1.94. The first-order valence-corrected chi connectivity index (χ1v) is 10.1. The van der Waals surface area contributed by atoms with Gasteiger partial charge in [-0.3, -0.25) is 9.10 Å². The van der Waals surface area contributed by atoms with Gasteiger partial charge in [0, 0.05) is 6.07 Å². The van der Waals surface area contributed by atoms with Crippen LogP contribution in [0.15, 0.2) is 77.7 Å². The zero-order valence-corrected chi connectivity index (χ0v) is 16.3. The van der Waals surface area contributed by atoms with E-state index in [-0.39, 0.29) is 10.6 Å². The number of aryl methyl sites for hydroxylation is 1. The molecule has 3 aromatic rings. The van der Waals surface area contributed by atoms with Crippen LogP contribution < -0.4 is 9.62 Å². The van der Waals surface area contributed by atoms with Crippen LogP contribution in [0.2, 0.25) is 0 Å². The molecule has 0 aliphatic heterocycles. The van der Waals surface area contributed by atoms with Crippen LogP contribution in [0.25, 0.3) is 0 Å². The van der Waals surface area contributed by atoms with Crippen LogP contribution in [-0.2, 0) is 14.8 Å². The Morgan fingerprint density at radius 3 is 2.34 bits per heavy atom. The van der Waals surface area contributed by atoms with Gasteiger partial charge in [0.25, 0.3) is 10.0 Å². The maximum atomic E-state index is 13.8. The van der Waals surface area contributed by atoms with Gasteiger partial charge in [-0.15, -0.1) is 0 Å². The summed E-state index contributed by atoms with van der Waals surface area (Å²) in [4.78, 5) is 12.5. The molecular formula is C21H18F2N2O3S. The molecule has 0 radical (unpaired) electrons. The Morgan fingerprint density at radius 1 is 0.966 bits per heavy atom. The van der Waals surface area contributed by atoms with E-state index in [1.54, 1.807) is 49.4 Å². The average Bonchev–Trinajstić information content (AvgIpc) is 2.69. The predicted octanol–water partition coefficient (Wildman–Crippen LogP) is 4.11. The van der Waals surface area contributed by atoms with E-state index in [9.17, 15) is 22.0 Å². The van der Waals surface area contributed by atoms with Gasteiger partial charge in [0.15, 0.2) is 0 Å². The van der Waals surface area contributed by atoms with Crippen LogP contribution in [0, 0.1) is 18.6 Å². The molecule has 0 aromatic heterocycles. The van der Waals surface area contributed by atoms with E-state index in [1.807, 2.05) is 0 Å². The van der Waals surface area contributed by atoms with Crippen molar-refractivity contribution in [1.82, 2.24) is 0 Å². The number of hydrogen-bond acceptors (Lipinski definition) is 3. The fraction of sp³-hybridized carbons (Fsp3) is 0.0952. The molecule has 1 N–H and O–H groups in total. The minimum absolute atomic E-state index is 0.0160. The summed E-state index contributed by atoms with van der Waals surface area (Å²) in [6.07, 6.45) is 0. The summed E-state index contributed by atoms with van der Waals surface area (Å²) in [5.74, 6) is -2.50. The van der Waals surface area contributed by atoms with E-state index in [0.29, 0.717) is 11.8 Å². The average molecular weight is 416 g/mol. The van der Waals surface area contributed by atoms with Gasteiger partial charge in [-0.25, -0.2) is 17.2 Å². The molecule has 29 heavy (non-hydrogen) atoms. The van der Waals surface area contributed by atoms with Crippen LogP contribution >= 0.6 is 0 Å². The molecule has 1 amide bonds. The second-order valence-corrected chi connectivity index (χ2v) is 8.20. The van der Waals surface area contributed by atoms with Gasteiger partial charge in [0.2, 0.25) is 5.91 Å². The number of amides is 1. The van der Waals surface area contributed by atoms with Crippen LogP contribution in [0.4, 0.5) is 20.2 Å². The van der Waals surface area contributed by atoms with E-state index in [1.165, 1.54) is 12.1 Å². The molecule has 3 aromatic carbocycles. The van der Waals surface area contributed by atoms with Crippen LogP contribution in [0.1, 0.15) is 5.56 Å². The molecule has 0 saturated carbocycles. The highest BCUT2D eigenvalue weighted by Crippen LogP contribution is 2.25. The number of anilines is 2. The highest BCUT2D eigenvalue weighted by molar-refractivity contribution is 7.92. The Kier molecular flexibility index (Phi) is 5.93. The lowest BCUT2D eigenvalue weighted by atomic mass is 10.2. The third-order valence-electron chi connectivity index (χ3n) is 4.11. The van der Waals surface area contributed by atoms with E-state index >= 15 is 0 Å². The number of nitrogens with zero attached hydrogens (tertiary/aromatic N) is 1. The number of hydrogen-bond donors (Lipinski definition) is 1. The monoisotopic (exact) mass is 416 g/mol. The molecule has 8 heteroatoms. The number of nitrogens with one attached hydrogen (secondary N) is 1. The maximum Gasteiger partial charge on any atom is 0.264 e. The quantitative estimate of drug-likeness (QED) is 0.658.